The first-order valence-corrected chi connectivity index (χ1v) is 7.22. The summed E-state index contributed by atoms with van der Waals surface area (Å²) >= 11 is 0. The third kappa shape index (κ3) is 3.55. The van der Waals surface area contributed by atoms with Crippen molar-refractivity contribution in [1.82, 2.24) is 9.88 Å². The molecule has 7 heteroatoms. The summed E-state index contributed by atoms with van der Waals surface area (Å²) in [7, 11) is 0. The monoisotopic (exact) mass is 326 g/mol. The van der Waals surface area contributed by atoms with Crippen LogP contribution in [0.4, 0.5) is 13.2 Å². The predicted molar refractivity (Wildman–Crippen MR) is 78.9 cm³/mol. The Hall–Kier alpha value is -2.31. The third-order valence-corrected chi connectivity index (χ3v) is 3.51. The Morgan fingerprint density at radius 3 is 2.22 bits per heavy atom. The zero-order valence-corrected chi connectivity index (χ0v) is 13.1. The molecule has 0 aliphatic rings. The van der Waals surface area contributed by atoms with Crippen LogP contribution in [0.15, 0.2) is 28.7 Å². The molecule has 4 nitrogen and oxygen atoms in total. The number of benzene rings is 1. The number of hydrogen-bond acceptors (Lipinski definition) is 3. The van der Waals surface area contributed by atoms with Gasteiger partial charge >= 0.3 is 6.18 Å². The highest BCUT2D eigenvalue weighted by atomic mass is 19.4. The van der Waals surface area contributed by atoms with Gasteiger partial charge in [0.15, 0.2) is 5.69 Å². The van der Waals surface area contributed by atoms with Gasteiger partial charge in [-0.1, -0.05) is 0 Å². The Kier molecular flexibility index (Phi) is 4.77. The molecule has 0 unspecified atom stereocenters. The molecule has 124 valence electrons. The molecule has 0 aliphatic carbocycles. The summed E-state index contributed by atoms with van der Waals surface area (Å²) in [6.07, 6.45) is -4.39. The number of halogens is 3. The van der Waals surface area contributed by atoms with Gasteiger partial charge in [-0.15, -0.1) is 0 Å². The lowest BCUT2D eigenvalue weighted by molar-refractivity contribution is -0.137. The van der Waals surface area contributed by atoms with Gasteiger partial charge in [-0.05, 0) is 45.0 Å². The number of aryl methyl sites for hydroxylation is 1. The van der Waals surface area contributed by atoms with E-state index in [4.69, 9.17) is 4.42 Å². The molecule has 0 spiro atoms. The minimum atomic E-state index is -4.39. The molecule has 0 saturated heterocycles. The second-order valence-corrected chi connectivity index (χ2v) is 4.98. The molecule has 0 N–H and O–H groups in total. The molecule has 1 heterocycles. The lowest BCUT2D eigenvalue weighted by Gasteiger charge is -2.16. The molecule has 0 bridgehead atoms. The van der Waals surface area contributed by atoms with Crippen molar-refractivity contribution in [1.29, 1.82) is 0 Å². The van der Waals surface area contributed by atoms with Crippen molar-refractivity contribution in [2.45, 2.75) is 26.9 Å². The van der Waals surface area contributed by atoms with E-state index in [2.05, 4.69) is 4.98 Å². The summed E-state index contributed by atoms with van der Waals surface area (Å²) in [6.45, 7) is 6.40. The number of aromatic nitrogens is 1. The van der Waals surface area contributed by atoms with Crippen molar-refractivity contribution in [3.8, 4) is 11.5 Å². The Bertz CT molecular complexity index is 686. The molecular weight excluding hydrogens is 309 g/mol. The standard InChI is InChI=1S/C16H17F3N2O2/c1-4-21(5-2)15(22)13-10(3)23-14(20-13)11-6-8-12(9-7-11)16(17,18)19/h6-9H,4-5H2,1-3H3. The topological polar surface area (TPSA) is 46.3 Å². The van der Waals surface area contributed by atoms with E-state index in [1.807, 2.05) is 13.8 Å². The van der Waals surface area contributed by atoms with Crippen molar-refractivity contribution >= 4 is 5.91 Å². The Labute approximate surface area is 131 Å². The van der Waals surface area contributed by atoms with Gasteiger partial charge < -0.3 is 9.32 Å². The van der Waals surface area contributed by atoms with E-state index >= 15 is 0 Å². The minimum Gasteiger partial charge on any atom is -0.441 e. The Morgan fingerprint density at radius 1 is 1.17 bits per heavy atom. The number of amides is 1. The predicted octanol–water partition coefficient (Wildman–Crippen LogP) is 4.15. The molecular formula is C16H17F3N2O2. The summed E-state index contributed by atoms with van der Waals surface area (Å²) in [5, 5.41) is 0. The van der Waals surface area contributed by atoms with E-state index in [1.165, 1.54) is 12.1 Å². The SMILES string of the molecule is CCN(CC)C(=O)c1nc(-c2ccc(C(F)(F)F)cc2)oc1C. The molecule has 1 amide bonds. The smallest absolute Gasteiger partial charge is 0.416 e. The fraction of sp³-hybridized carbons (Fsp3) is 0.375. The van der Waals surface area contributed by atoms with Crippen molar-refractivity contribution < 1.29 is 22.4 Å². The summed E-state index contributed by atoms with van der Waals surface area (Å²) in [5.74, 6) is 0.220. The fourth-order valence-corrected chi connectivity index (χ4v) is 2.18. The quantitative estimate of drug-likeness (QED) is 0.848. The number of carbonyl (C=O) groups excluding carboxylic acids is 1. The van der Waals surface area contributed by atoms with Gasteiger partial charge in [-0.25, -0.2) is 4.98 Å². The van der Waals surface area contributed by atoms with Crippen LogP contribution in [0, 0.1) is 6.92 Å². The fourth-order valence-electron chi connectivity index (χ4n) is 2.18. The zero-order chi connectivity index (χ0) is 17.2. The highest BCUT2D eigenvalue weighted by molar-refractivity contribution is 5.93. The average Bonchev–Trinajstić information content (AvgIpc) is 2.89. The van der Waals surface area contributed by atoms with E-state index in [1.54, 1.807) is 11.8 Å². The van der Waals surface area contributed by atoms with Crippen LogP contribution < -0.4 is 0 Å². The molecule has 2 rings (SSSR count). The Morgan fingerprint density at radius 2 is 1.74 bits per heavy atom. The van der Waals surface area contributed by atoms with Crippen molar-refractivity contribution in [3.63, 3.8) is 0 Å². The number of hydrogen-bond donors (Lipinski definition) is 0. The number of alkyl halides is 3. The van der Waals surface area contributed by atoms with Crippen LogP contribution in [0.3, 0.4) is 0 Å². The number of oxazole rings is 1. The van der Waals surface area contributed by atoms with Crippen molar-refractivity contribution in [3.05, 3.63) is 41.3 Å². The van der Waals surface area contributed by atoms with Gasteiger partial charge in [-0.2, -0.15) is 13.2 Å². The molecule has 1 aromatic heterocycles. The molecule has 2 aromatic rings. The first kappa shape index (κ1) is 17.1. The maximum atomic E-state index is 12.6. The number of rotatable bonds is 4. The highest BCUT2D eigenvalue weighted by Crippen LogP contribution is 2.31. The largest absolute Gasteiger partial charge is 0.441 e. The Balaban J connectivity index is 2.32. The van der Waals surface area contributed by atoms with Crippen LogP contribution >= 0.6 is 0 Å². The summed E-state index contributed by atoms with van der Waals surface area (Å²) in [4.78, 5) is 18.1. The molecule has 0 fully saturated rings. The van der Waals surface area contributed by atoms with Crippen LogP contribution in [-0.2, 0) is 6.18 Å². The van der Waals surface area contributed by atoms with E-state index in [9.17, 15) is 18.0 Å². The van der Waals surface area contributed by atoms with Gasteiger partial charge in [0, 0.05) is 18.7 Å². The van der Waals surface area contributed by atoms with Gasteiger partial charge in [0.05, 0.1) is 5.56 Å². The van der Waals surface area contributed by atoms with Crippen LogP contribution in [0.25, 0.3) is 11.5 Å². The van der Waals surface area contributed by atoms with Crippen LogP contribution in [0.2, 0.25) is 0 Å². The lowest BCUT2D eigenvalue weighted by Crippen LogP contribution is -2.31. The maximum absolute atomic E-state index is 12.6. The van der Waals surface area contributed by atoms with E-state index < -0.39 is 11.7 Å². The molecule has 0 aliphatic heterocycles. The maximum Gasteiger partial charge on any atom is 0.416 e. The van der Waals surface area contributed by atoms with Crippen LogP contribution in [0.5, 0.6) is 0 Å². The second-order valence-electron chi connectivity index (χ2n) is 4.98. The van der Waals surface area contributed by atoms with E-state index in [0.29, 0.717) is 24.4 Å². The van der Waals surface area contributed by atoms with Gasteiger partial charge in [0.2, 0.25) is 5.89 Å². The van der Waals surface area contributed by atoms with E-state index in [-0.39, 0.29) is 17.5 Å². The van der Waals surface area contributed by atoms with Gasteiger partial charge in [0.1, 0.15) is 5.76 Å². The molecule has 23 heavy (non-hydrogen) atoms. The normalized spacial score (nSPS) is 11.6. The molecule has 0 radical (unpaired) electrons. The summed E-state index contributed by atoms with van der Waals surface area (Å²) < 4.78 is 43.2. The van der Waals surface area contributed by atoms with Crippen molar-refractivity contribution in [2.75, 3.05) is 13.1 Å². The third-order valence-electron chi connectivity index (χ3n) is 3.51. The molecule has 1 aromatic carbocycles. The van der Waals surface area contributed by atoms with Gasteiger partial charge in [0.25, 0.3) is 5.91 Å². The first-order chi connectivity index (χ1) is 10.8. The van der Waals surface area contributed by atoms with Gasteiger partial charge in [-0.3, -0.25) is 4.79 Å². The van der Waals surface area contributed by atoms with Crippen molar-refractivity contribution in [2.24, 2.45) is 0 Å². The second kappa shape index (κ2) is 6.44. The summed E-state index contributed by atoms with van der Waals surface area (Å²) in [6, 6.07) is 4.47. The number of carbonyl (C=O) groups is 1. The summed E-state index contributed by atoms with van der Waals surface area (Å²) in [5.41, 5.74) is -0.174. The minimum absolute atomic E-state index is 0.131. The van der Waals surface area contributed by atoms with E-state index in [0.717, 1.165) is 12.1 Å². The van der Waals surface area contributed by atoms with Crippen LogP contribution in [0.1, 0.15) is 35.7 Å². The molecule has 0 saturated carbocycles. The van der Waals surface area contributed by atoms with Crippen LogP contribution in [-0.4, -0.2) is 28.9 Å². The average molecular weight is 326 g/mol. The lowest BCUT2D eigenvalue weighted by atomic mass is 10.1. The molecule has 0 atom stereocenters. The number of nitrogens with zero attached hydrogens (tertiary/aromatic N) is 2. The highest BCUT2D eigenvalue weighted by Gasteiger charge is 2.30. The zero-order valence-electron chi connectivity index (χ0n) is 13.1. The first-order valence-electron chi connectivity index (χ1n) is 7.22.